The lowest BCUT2D eigenvalue weighted by atomic mass is 9.82. The topological polar surface area (TPSA) is 27.6 Å². The van der Waals surface area contributed by atoms with Crippen molar-refractivity contribution in [2.75, 3.05) is 26.7 Å². The smallest absolute Gasteiger partial charge is 0.193 e. The zero-order valence-corrected chi connectivity index (χ0v) is 11.7. The van der Waals surface area contributed by atoms with Crippen molar-refractivity contribution in [2.24, 2.45) is 22.7 Å². The Morgan fingerprint density at radius 1 is 1.06 bits per heavy atom. The van der Waals surface area contributed by atoms with Crippen LogP contribution in [0.1, 0.15) is 44.9 Å². The Labute approximate surface area is 111 Å². The van der Waals surface area contributed by atoms with Crippen LogP contribution < -0.4 is 5.32 Å². The van der Waals surface area contributed by atoms with Gasteiger partial charge >= 0.3 is 0 Å². The zero-order valence-electron chi connectivity index (χ0n) is 11.7. The van der Waals surface area contributed by atoms with Crippen molar-refractivity contribution in [3.63, 3.8) is 0 Å². The second-order valence-corrected chi connectivity index (χ2v) is 6.43. The zero-order chi connectivity index (χ0) is 12.4. The molecule has 2 unspecified atom stereocenters. The highest BCUT2D eigenvalue weighted by molar-refractivity contribution is 5.80. The molecule has 1 heterocycles. The van der Waals surface area contributed by atoms with E-state index in [1.165, 1.54) is 58.0 Å². The Balaban J connectivity index is 1.52. The number of hydrogen-bond donors (Lipinski definition) is 1. The Morgan fingerprint density at radius 3 is 2.22 bits per heavy atom. The molecule has 0 amide bonds. The summed E-state index contributed by atoms with van der Waals surface area (Å²) < 4.78 is 0. The van der Waals surface area contributed by atoms with Gasteiger partial charge in [-0.2, -0.15) is 0 Å². The third-order valence-electron chi connectivity index (χ3n) is 5.26. The van der Waals surface area contributed by atoms with Gasteiger partial charge < -0.3 is 10.2 Å². The quantitative estimate of drug-likeness (QED) is 0.601. The normalized spacial score (nSPS) is 33.2. The summed E-state index contributed by atoms with van der Waals surface area (Å²) in [6, 6.07) is 0. The van der Waals surface area contributed by atoms with Crippen LogP contribution >= 0.6 is 0 Å². The van der Waals surface area contributed by atoms with E-state index in [-0.39, 0.29) is 0 Å². The summed E-state index contributed by atoms with van der Waals surface area (Å²) in [5, 5.41) is 3.60. The third kappa shape index (κ3) is 2.50. The molecule has 0 radical (unpaired) electrons. The molecule has 2 saturated carbocycles. The van der Waals surface area contributed by atoms with Crippen molar-refractivity contribution in [1.82, 2.24) is 10.2 Å². The number of likely N-dealkylation sites (tertiary alicyclic amines) is 1. The molecular weight excluding hydrogens is 222 g/mol. The summed E-state index contributed by atoms with van der Waals surface area (Å²) in [4.78, 5) is 7.00. The van der Waals surface area contributed by atoms with E-state index in [2.05, 4.69) is 15.2 Å². The Kier molecular flexibility index (Phi) is 3.76. The second-order valence-electron chi connectivity index (χ2n) is 6.43. The molecule has 1 aliphatic heterocycles. The van der Waals surface area contributed by atoms with Gasteiger partial charge in [-0.15, -0.1) is 0 Å². The first-order valence-electron chi connectivity index (χ1n) is 7.82. The molecule has 3 rings (SSSR count). The Morgan fingerprint density at radius 2 is 1.72 bits per heavy atom. The number of fused-ring (bicyclic) bond motifs is 1. The highest BCUT2D eigenvalue weighted by atomic mass is 15.3. The van der Waals surface area contributed by atoms with E-state index < -0.39 is 0 Å². The van der Waals surface area contributed by atoms with Crippen LogP contribution in [-0.2, 0) is 0 Å². The largest absolute Gasteiger partial charge is 0.356 e. The average molecular weight is 249 g/mol. The molecule has 2 atom stereocenters. The maximum absolute atomic E-state index is 4.49. The fraction of sp³-hybridized carbons (Fsp3) is 0.933. The molecular formula is C15H27N3. The summed E-state index contributed by atoms with van der Waals surface area (Å²) >= 11 is 0. The fourth-order valence-corrected chi connectivity index (χ4v) is 3.84. The van der Waals surface area contributed by atoms with Crippen molar-refractivity contribution < 1.29 is 0 Å². The van der Waals surface area contributed by atoms with Crippen LogP contribution in [0.2, 0.25) is 0 Å². The first-order valence-corrected chi connectivity index (χ1v) is 7.82. The Bertz CT molecular complexity index is 295. The van der Waals surface area contributed by atoms with E-state index in [1.807, 2.05) is 7.05 Å². The van der Waals surface area contributed by atoms with Gasteiger partial charge in [-0.25, -0.2) is 0 Å². The van der Waals surface area contributed by atoms with E-state index >= 15 is 0 Å². The minimum atomic E-state index is 0.909. The van der Waals surface area contributed by atoms with Gasteiger partial charge in [0.05, 0.1) is 0 Å². The van der Waals surface area contributed by atoms with Gasteiger partial charge in [0.25, 0.3) is 0 Å². The molecule has 102 valence electrons. The SMILES string of the molecule is CN=C(NCC1CCC1)N1CC2CCCCC2C1. The molecule has 1 N–H and O–H groups in total. The first kappa shape index (κ1) is 12.3. The van der Waals surface area contributed by atoms with Crippen LogP contribution in [0.25, 0.3) is 0 Å². The number of rotatable bonds is 2. The predicted molar refractivity (Wildman–Crippen MR) is 75.7 cm³/mol. The molecule has 0 aromatic heterocycles. The highest BCUT2D eigenvalue weighted by Crippen LogP contribution is 2.36. The summed E-state index contributed by atoms with van der Waals surface area (Å²) in [6.07, 6.45) is 10.0. The van der Waals surface area contributed by atoms with E-state index in [0.29, 0.717) is 0 Å². The van der Waals surface area contributed by atoms with E-state index in [4.69, 9.17) is 0 Å². The van der Waals surface area contributed by atoms with Gasteiger partial charge in [0, 0.05) is 26.7 Å². The van der Waals surface area contributed by atoms with Gasteiger partial charge in [-0.05, 0) is 43.4 Å². The minimum Gasteiger partial charge on any atom is -0.356 e. The molecule has 2 aliphatic carbocycles. The number of guanidine groups is 1. The number of nitrogens with zero attached hydrogens (tertiary/aromatic N) is 2. The average Bonchev–Trinajstić information content (AvgIpc) is 2.75. The molecule has 18 heavy (non-hydrogen) atoms. The minimum absolute atomic E-state index is 0.909. The van der Waals surface area contributed by atoms with E-state index in [0.717, 1.165) is 30.3 Å². The van der Waals surface area contributed by atoms with Gasteiger partial charge in [-0.1, -0.05) is 19.3 Å². The monoisotopic (exact) mass is 249 g/mol. The molecule has 3 nitrogen and oxygen atoms in total. The van der Waals surface area contributed by atoms with Crippen LogP contribution in [0.4, 0.5) is 0 Å². The summed E-state index contributed by atoms with van der Waals surface area (Å²) in [5.41, 5.74) is 0. The Hall–Kier alpha value is -0.730. The standard InChI is InChI=1S/C15H27N3/c1-16-15(17-9-12-5-4-6-12)18-10-13-7-2-3-8-14(13)11-18/h12-14H,2-11H2,1H3,(H,16,17). The fourth-order valence-electron chi connectivity index (χ4n) is 3.84. The molecule has 3 heteroatoms. The van der Waals surface area contributed by atoms with E-state index in [9.17, 15) is 0 Å². The molecule has 0 spiro atoms. The summed E-state index contributed by atoms with van der Waals surface area (Å²) in [6.45, 7) is 3.63. The lowest BCUT2D eigenvalue weighted by Gasteiger charge is -2.28. The molecule has 0 aromatic rings. The molecule has 3 aliphatic rings. The molecule has 0 aromatic carbocycles. The van der Waals surface area contributed by atoms with Crippen molar-refractivity contribution in [3.8, 4) is 0 Å². The van der Waals surface area contributed by atoms with Crippen LogP contribution in [0.15, 0.2) is 4.99 Å². The van der Waals surface area contributed by atoms with Gasteiger partial charge in [0.15, 0.2) is 5.96 Å². The van der Waals surface area contributed by atoms with Crippen LogP contribution in [0.5, 0.6) is 0 Å². The van der Waals surface area contributed by atoms with Crippen LogP contribution in [0, 0.1) is 17.8 Å². The van der Waals surface area contributed by atoms with Crippen LogP contribution in [0.3, 0.4) is 0 Å². The second kappa shape index (κ2) is 5.50. The maximum Gasteiger partial charge on any atom is 0.193 e. The van der Waals surface area contributed by atoms with Crippen molar-refractivity contribution in [2.45, 2.75) is 44.9 Å². The predicted octanol–water partition coefficient (Wildman–Crippen LogP) is 2.48. The molecule has 0 bridgehead atoms. The molecule has 3 fully saturated rings. The molecule has 1 saturated heterocycles. The first-order chi connectivity index (χ1) is 8.86. The van der Waals surface area contributed by atoms with Gasteiger partial charge in [0.1, 0.15) is 0 Å². The van der Waals surface area contributed by atoms with Crippen molar-refractivity contribution >= 4 is 5.96 Å². The number of nitrogens with one attached hydrogen (secondary N) is 1. The lowest BCUT2D eigenvalue weighted by molar-refractivity contribution is 0.299. The lowest BCUT2D eigenvalue weighted by Crippen LogP contribution is -2.43. The summed E-state index contributed by atoms with van der Waals surface area (Å²) in [5.74, 6) is 3.96. The third-order valence-corrected chi connectivity index (χ3v) is 5.26. The summed E-state index contributed by atoms with van der Waals surface area (Å²) in [7, 11) is 1.94. The van der Waals surface area contributed by atoms with Crippen molar-refractivity contribution in [3.05, 3.63) is 0 Å². The highest BCUT2D eigenvalue weighted by Gasteiger charge is 2.35. The van der Waals surface area contributed by atoms with Crippen LogP contribution in [-0.4, -0.2) is 37.5 Å². The van der Waals surface area contributed by atoms with Crippen molar-refractivity contribution in [1.29, 1.82) is 0 Å². The number of aliphatic imine (C=N–C) groups is 1. The van der Waals surface area contributed by atoms with Gasteiger partial charge in [-0.3, -0.25) is 4.99 Å². The van der Waals surface area contributed by atoms with E-state index in [1.54, 1.807) is 0 Å². The maximum atomic E-state index is 4.49. The number of hydrogen-bond acceptors (Lipinski definition) is 1. The van der Waals surface area contributed by atoms with Gasteiger partial charge in [0.2, 0.25) is 0 Å².